The van der Waals surface area contributed by atoms with E-state index in [4.69, 9.17) is 33.1 Å². The number of esters is 1. The number of ether oxygens (including phenoxy) is 1. The molecule has 0 bridgehead atoms. The highest BCUT2D eigenvalue weighted by molar-refractivity contribution is 7.80. The second-order valence-corrected chi connectivity index (χ2v) is 8.08. The van der Waals surface area contributed by atoms with Gasteiger partial charge in [0.1, 0.15) is 23.6 Å². The van der Waals surface area contributed by atoms with Gasteiger partial charge in [0.05, 0.1) is 17.6 Å². The highest BCUT2D eigenvalue weighted by Crippen LogP contribution is 2.32. The van der Waals surface area contributed by atoms with Crippen molar-refractivity contribution in [2.75, 3.05) is 13.2 Å². The summed E-state index contributed by atoms with van der Waals surface area (Å²) in [6, 6.07) is 15.7. The van der Waals surface area contributed by atoms with Crippen molar-refractivity contribution in [3.8, 4) is 11.3 Å². The van der Waals surface area contributed by atoms with Gasteiger partial charge in [-0.1, -0.05) is 59.2 Å². The first-order valence-corrected chi connectivity index (χ1v) is 10.8. The maximum atomic E-state index is 12.7. The van der Waals surface area contributed by atoms with Crippen molar-refractivity contribution < 1.29 is 14.1 Å². The quantitative estimate of drug-likeness (QED) is 0.319. The van der Waals surface area contributed by atoms with E-state index in [9.17, 15) is 4.79 Å². The van der Waals surface area contributed by atoms with Crippen molar-refractivity contribution in [1.29, 1.82) is 0 Å². The van der Waals surface area contributed by atoms with E-state index in [1.807, 2.05) is 18.2 Å². The largest absolute Gasteiger partial charge is 0.460 e. The average Bonchev–Trinajstić information content (AvgIpc) is 3.35. The summed E-state index contributed by atoms with van der Waals surface area (Å²) in [5.41, 5.74) is 3.91. The Hall–Kier alpha value is -2.90. The summed E-state index contributed by atoms with van der Waals surface area (Å²) >= 11 is 11.6. The molecule has 0 radical (unpaired) electrons. The van der Waals surface area contributed by atoms with E-state index in [-0.39, 0.29) is 18.2 Å². The smallest absolute Gasteiger partial charge is 0.344 e. The van der Waals surface area contributed by atoms with Crippen LogP contribution in [0.2, 0.25) is 5.02 Å². The zero-order valence-electron chi connectivity index (χ0n) is 17.0. The van der Waals surface area contributed by atoms with Crippen LogP contribution in [0, 0.1) is 6.92 Å². The van der Waals surface area contributed by atoms with Crippen LogP contribution in [0.5, 0.6) is 0 Å². The van der Waals surface area contributed by atoms with Crippen molar-refractivity contribution in [3.63, 3.8) is 0 Å². The number of rotatable bonds is 6. The van der Waals surface area contributed by atoms with Gasteiger partial charge in [-0.25, -0.2) is 4.79 Å². The molecule has 2 aromatic carbocycles. The van der Waals surface area contributed by atoms with Crippen molar-refractivity contribution >= 4 is 34.9 Å². The third-order valence-corrected chi connectivity index (χ3v) is 5.85. The number of halogens is 1. The molecule has 1 aliphatic carbocycles. The minimum atomic E-state index is -0.515. The number of benzene rings is 2. The highest BCUT2D eigenvalue weighted by atomic mass is 35.5. The number of nitrogens with one attached hydrogen (secondary N) is 2. The normalized spacial score (nSPS) is 14.7. The van der Waals surface area contributed by atoms with Gasteiger partial charge in [-0.05, 0) is 49.2 Å². The molecule has 0 saturated carbocycles. The van der Waals surface area contributed by atoms with Crippen LogP contribution in [0.25, 0.3) is 11.3 Å². The Morgan fingerprint density at radius 1 is 1.26 bits per heavy atom. The Labute approximate surface area is 190 Å². The van der Waals surface area contributed by atoms with Crippen LogP contribution >= 0.6 is 23.8 Å². The lowest BCUT2D eigenvalue weighted by molar-refractivity contribution is 0.0511. The van der Waals surface area contributed by atoms with Crippen LogP contribution in [-0.2, 0) is 11.2 Å². The molecule has 4 rings (SSSR count). The summed E-state index contributed by atoms with van der Waals surface area (Å²) in [5.74, 6) is -0.135. The maximum Gasteiger partial charge on any atom is 0.344 e. The fourth-order valence-electron chi connectivity index (χ4n) is 3.75. The number of carbonyl (C=O) groups is 1. The average molecular weight is 456 g/mol. The van der Waals surface area contributed by atoms with Crippen LogP contribution in [0.4, 0.5) is 0 Å². The summed E-state index contributed by atoms with van der Waals surface area (Å²) in [6.45, 7) is 2.20. The van der Waals surface area contributed by atoms with E-state index >= 15 is 0 Å². The van der Waals surface area contributed by atoms with E-state index in [1.54, 1.807) is 19.1 Å². The second kappa shape index (κ2) is 9.49. The van der Waals surface area contributed by atoms with E-state index in [1.165, 1.54) is 11.1 Å². The lowest BCUT2D eigenvalue weighted by Gasteiger charge is -2.17. The lowest BCUT2D eigenvalue weighted by atomic mass is 10.1. The summed E-state index contributed by atoms with van der Waals surface area (Å²) < 4.78 is 10.6. The molecule has 3 aromatic rings. The molecule has 6 nitrogen and oxygen atoms in total. The molecule has 1 heterocycles. The van der Waals surface area contributed by atoms with E-state index in [0.717, 1.165) is 12.8 Å². The molecule has 8 heteroatoms. The molecule has 160 valence electrons. The van der Waals surface area contributed by atoms with E-state index in [2.05, 4.69) is 34.0 Å². The second-order valence-electron chi connectivity index (χ2n) is 7.27. The van der Waals surface area contributed by atoms with Gasteiger partial charge in [0.15, 0.2) is 5.11 Å². The van der Waals surface area contributed by atoms with Gasteiger partial charge >= 0.3 is 5.97 Å². The number of hydrogen-bond acceptors (Lipinski definition) is 5. The highest BCUT2D eigenvalue weighted by Gasteiger charge is 2.25. The number of aromatic nitrogens is 1. The molecule has 1 aromatic heterocycles. The van der Waals surface area contributed by atoms with Crippen LogP contribution in [0.15, 0.2) is 53.1 Å². The zero-order valence-corrected chi connectivity index (χ0v) is 18.6. The molecule has 0 saturated heterocycles. The van der Waals surface area contributed by atoms with Crippen LogP contribution in [0.3, 0.4) is 0 Å². The number of nitrogens with zero attached hydrogens (tertiary/aromatic N) is 1. The summed E-state index contributed by atoms with van der Waals surface area (Å²) in [5, 5.41) is 11.4. The third-order valence-electron chi connectivity index (χ3n) is 5.25. The fourth-order valence-corrected chi connectivity index (χ4v) is 4.22. The minimum absolute atomic E-state index is 0.147. The topological polar surface area (TPSA) is 76.4 Å². The number of aryl methyl sites for hydroxylation is 2. The predicted octanol–water partition coefficient (Wildman–Crippen LogP) is 4.61. The first-order valence-electron chi connectivity index (χ1n) is 10.0. The van der Waals surface area contributed by atoms with Crippen molar-refractivity contribution in [2.45, 2.75) is 25.8 Å². The number of thiocarbonyl (C=S) groups is 1. The van der Waals surface area contributed by atoms with Gasteiger partial charge in [0.25, 0.3) is 0 Å². The standard InChI is InChI=1S/C23H22ClN3O3S/c1-14-20(21(27-30-14)17-8-4-5-9-18(17)24)22(28)29-13-12-25-23(31)26-19-11-10-15-6-2-3-7-16(15)19/h2-9,19H,10-13H2,1H3,(H2,25,26,31). The molecule has 1 aliphatic rings. The molecule has 1 atom stereocenters. The Kier molecular flexibility index (Phi) is 6.53. The Morgan fingerprint density at radius 3 is 2.87 bits per heavy atom. The van der Waals surface area contributed by atoms with Crippen LogP contribution in [0.1, 0.15) is 39.7 Å². The first kappa shape index (κ1) is 21.3. The van der Waals surface area contributed by atoms with E-state index < -0.39 is 5.97 Å². The monoisotopic (exact) mass is 455 g/mol. The molecule has 2 N–H and O–H groups in total. The Bertz CT molecular complexity index is 1110. The van der Waals surface area contributed by atoms with Gasteiger partial charge in [0.2, 0.25) is 0 Å². The predicted molar refractivity (Wildman–Crippen MR) is 123 cm³/mol. The maximum absolute atomic E-state index is 12.7. The van der Waals surface area contributed by atoms with Gasteiger partial charge in [-0.3, -0.25) is 0 Å². The van der Waals surface area contributed by atoms with E-state index in [0.29, 0.717) is 33.7 Å². The molecule has 0 spiro atoms. The molecule has 1 unspecified atom stereocenters. The SMILES string of the molecule is Cc1onc(-c2ccccc2Cl)c1C(=O)OCCNC(=S)NC1CCc2ccccc21. The van der Waals surface area contributed by atoms with Gasteiger partial charge in [-0.2, -0.15) is 0 Å². The number of fused-ring (bicyclic) bond motifs is 1. The molecule has 0 aliphatic heterocycles. The van der Waals surface area contributed by atoms with Crippen molar-refractivity contribution in [2.24, 2.45) is 0 Å². The lowest BCUT2D eigenvalue weighted by Crippen LogP contribution is -2.38. The molecule has 0 fully saturated rings. The van der Waals surface area contributed by atoms with Crippen LogP contribution < -0.4 is 10.6 Å². The third kappa shape index (κ3) is 4.73. The Balaban J connectivity index is 1.29. The molecule has 31 heavy (non-hydrogen) atoms. The van der Waals surface area contributed by atoms with Crippen molar-refractivity contribution in [3.05, 3.63) is 76.0 Å². The minimum Gasteiger partial charge on any atom is -0.460 e. The Morgan fingerprint density at radius 2 is 2.03 bits per heavy atom. The zero-order chi connectivity index (χ0) is 21.8. The summed E-state index contributed by atoms with van der Waals surface area (Å²) in [6.07, 6.45) is 2.05. The molecular formula is C23H22ClN3O3S. The fraction of sp³-hybridized carbons (Fsp3) is 0.261. The molecular weight excluding hydrogens is 434 g/mol. The molecule has 0 amide bonds. The first-order chi connectivity index (χ1) is 15.0. The number of hydrogen-bond donors (Lipinski definition) is 2. The van der Waals surface area contributed by atoms with Gasteiger partial charge in [0, 0.05) is 5.56 Å². The van der Waals surface area contributed by atoms with Crippen LogP contribution in [-0.4, -0.2) is 29.4 Å². The van der Waals surface area contributed by atoms with Gasteiger partial charge < -0.3 is 19.9 Å². The van der Waals surface area contributed by atoms with Gasteiger partial charge in [-0.15, -0.1) is 0 Å². The summed E-state index contributed by atoms with van der Waals surface area (Å²) in [4.78, 5) is 12.7. The van der Waals surface area contributed by atoms with Crippen molar-refractivity contribution in [1.82, 2.24) is 15.8 Å². The number of carbonyl (C=O) groups excluding carboxylic acids is 1. The summed E-state index contributed by atoms with van der Waals surface area (Å²) in [7, 11) is 0.